The van der Waals surface area contributed by atoms with Gasteiger partial charge in [0.05, 0.1) is 6.54 Å². The Hall–Kier alpha value is -2.33. The first-order valence-electron chi connectivity index (χ1n) is 9.42. The van der Waals surface area contributed by atoms with E-state index in [4.69, 9.17) is 4.74 Å². The number of hydrogen-bond acceptors (Lipinski definition) is 3. The van der Waals surface area contributed by atoms with Crippen molar-refractivity contribution in [1.29, 1.82) is 0 Å². The average molecular weight is 352 g/mol. The van der Waals surface area contributed by atoms with Crippen molar-refractivity contribution in [2.45, 2.75) is 33.4 Å². The van der Waals surface area contributed by atoms with Gasteiger partial charge in [-0.15, -0.1) is 0 Å². The Kier molecular flexibility index (Phi) is 6.29. The number of ether oxygens (including phenoxy) is 1. The molecule has 1 amide bonds. The molecule has 3 rings (SSSR count). The Balaban J connectivity index is 1.64. The fourth-order valence-corrected chi connectivity index (χ4v) is 3.28. The molecule has 2 aromatic rings. The summed E-state index contributed by atoms with van der Waals surface area (Å²) in [5, 5.41) is 0. The fraction of sp³-hybridized carbons (Fsp3) is 0.409. The number of fused-ring (bicyclic) bond motifs is 1. The van der Waals surface area contributed by atoms with Crippen LogP contribution < -0.4 is 4.74 Å². The first-order chi connectivity index (χ1) is 12.7. The summed E-state index contributed by atoms with van der Waals surface area (Å²) in [6, 6.07) is 16.5. The molecule has 0 N–H and O–H groups in total. The zero-order valence-corrected chi connectivity index (χ0v) is 15.8. The fourth-order valence-electron chi connectivity index (χ4n) is 3.28. The standard InChI is InChI=1S/C22H28N2O2/c1-3-12-24(15-19-10-8-18(2)9-11-19)22(25)17-23-13-14-26-21-7-5-4-6-20(21)16-23/h4-11H,3,12-17H2,1-2H3. The molecule has 0 bridgehead atoms. The molecule has 0 unspecified atom stereocenters. The van der Waals surface area contributed by atoms with Crippen LogP contribution in [-0.4, -0.2) is 41.9 Å². The highest BCUT2D eigenvalue weighted by atomic mass is 16.5. The zero-order valence-electron chi connectivity index (χ0n) is 15.8. The summed E-state index contributed by atoms with van der Waals surface area (Å²) < 4.78 is 5.81. The number of rotatable bonds is 6. The summed E-state index contributed by atoms with van der Waals surface area (Å²) in [5.41, 5.74) is 3.57. The van der Waals surface area contributed by atoms with Gasteiger partial charge >= 0.3 is 0 Å². The van der Waals surface area contributed by atoms with Crippen LogP contribution in [0.1, 0.15) is 30.0 Å². The molecule has 26 heavy (non-hydrogen) atoms. The van der Waals surface area contributed by atoms with E-state index in [1.165, 1.54) is 11.1 Å². The summed E-state index contributed by atoms with van der Waals surface area (Å²) >= 11 is 0. The quantitative estimate of drug-likeness (QED) is 0.796. The SMILES string of the molecule is CCCN(Cc1ccc(C)cc1)C(=O)CN1CCOc2ccccc2C1. The third-order valence-corrected chi connectivity index (χ3v) is 4.73. The highest BCUT2D eigenvalue weighted by Crippen LogP contribution is 2.22. The van der Waals surface area contributed by atoms with Crippen molar-refractivity contribution < 1.29 is 9.53 Å². The maximum Gasteiger partial charge on any atom is 0.237 e. The molecule has 0 atom stereocenters. The molecule has 0 radical (unpaired) electrons. The molecule has 0 fully saturated rings. The van der Waals surface area contributed by atoms with Crippen LogP contribution in [0.2, 0.25) is 0 Å². The Morgan fingerprint density at radius 2 is 1.92 bits per heavy atom. The lowest BCUT2D eigenvalue weighted by molar-refractivity contribution is -0.133. The van der Waals surface area contributed by atoms with Gasteiger partial charge in [-0.1, -0.05) is 55.0 Å². The number of para-hydroxylation sites is 1. The van der Waals surface area contributed by atoms with Gasteiger partial charge in [0.1, 0.15) is 12.4 Å². The number of aryl methyl sites for hydroxylation is 1. The summed E-state index contributed by atoms with van der Waals surface area (Å²) in [6.07, 6.45) is 0.962. The van der Waals surface area contributed by atoms with Crippen LogP contribution in [0.15, 0.2) is 48.5 Å². The molecule has 1 heterocycles. The van der Waals surface area contributed by atoms with Crippen molar-refractivity contribution in [3.8, 4) is 5.75 Å². The number of amides is 1. The number of benzene rings is 2. The first-order valence-corrected chi connectivity index (χ1v) is 9.42. The van der Waals surface area contributed by atoms with E-state index >= 15 is 0 Å². The highest BCUT2D eigenvalue weighted by molar-refractivity contribution is 5.78. The minimum Gasteiger partial charge on any atom is -0.492 e. The number of nitrogens with zero attached hydrogens (tertiary/aromatic N) is 2. The monoisotopic (exact) mass is 352 g/mol. The lowest BCUT2D eigenvalue weighted by Gasteiger charge is -2.26. The van der Waals surface area contributed by atoms with E-state index in [0.717, 1.165) is 37.4 Å². The third-order valence-electron chi connectivity index (χ3n) is 4.73. The Morgan fingerprint density at radius 3 is 2.69 bits per heavy atom. The minimum absolute atomic E-state index is 0.187. The second kappa shape index (κ2) is 8.86. The molecule has 0 saturated heterocycles. The van der Waals surface area contributed by atoms with Crippen molar-refractivity contribution >= 4 is 5.91 Å². The van der Waals surface area contributed by atoms with Gasteiger partial charge in [-0.05, 0) is 25.0 Å². The number of hydrogen-bond donors (Lipinski definition) is 0. The molecular formula is C22H28N2O2. The third kappa shape index (κ3) is 4.85. The molecule has 138 valence electrons. The summed E-state index contributed by atoms with van der Waals surface area (Å²) in [5.74, 6) is 1.12. The maximum atomic E-state index is 12.9. The molecule has 4 heteroatoms. The van der Waals surface area contributed by atoms with E-state index in [2.05, 4.69) is 49.1 Å². The molecule has 1 aliphatic rings. The van der Waals surface area contributed by atoms with Crippen LogP contribution in [0, 0.1) is 6.92 Å². The summed E-state index contributed by atoms with van der Waals surface area (Å²) in [7, 11) is 0. The molecule has 0 spiro atoms. The predicted molar refractivity (Wildman–Crippen MR) is 104 cm³/mol. The van der Waals surface area contributed by atoms with Gasteiger partial charge < -0.3 is 9.64 Å². The summed E-state index contributed by atoms with van der Waals surface area (Å²) in [6.45, 7) is 8.24. The number of carbonyl (C=O) groups excluding carboxylic acids is 1. The number of carbonyl (C=O) groups is 1. The van der Waals surface area contributed by atoms with Crippen molar-refractivity contribution in [1.82, 2.24) is 9.80 Å². The Morgan fingerprint density at radius 1 is 1.15 bits per heavy atom. The Labute approximate surface area is 156 Å². The van der Waals surface area contributed by atoms with E-state index in [9.17, 15) is 4.79 Å². The Bertz CT molecular complexity index is 727. The van der Waals surface area contributed by atoms with Crippen molar-refractivity contribution in [2.75, 3.05) is 26.2 Å². The highest BCUT2D eigenvalue weighted by Gasteiger charge is 2.20. The molecule has 4 nitrogen and oxygen atoms in total. The topological polar surface area (TPSA) is 32.8 Å². The van der Waals surface area contributed by atoms with Gasteiger partial charge in [-0.25, -0.2) is 0 Å². The van der Waals surface area contributed by atoms with Crippen molar-refractivity contribution in [2.24, 2.45) is 0 Å². The normalized spacial score (nSPS) is 14.2. The van der Waals surface area contributed by atoms with Crippen molar-refractivity contribution in [3.05, 3.63) is 65.2 Å². The van der Waals surface area contributed by atoms with E-state index in [-0.39, 0.29) is 5.91 Å². The first kappa shape index (κ1) is 18.5. The predicted octanol–water partition coefficient (Wildman–Crippen LogP) is 3.63. The van der Waals surface area contributed by atoms with E-state index in [1.807, 2.05) is 23.1 Å². The molecule has 1 aliphatic heterocycles. The van der Waals surface area contributed by atoms with E-state index < -0.39 is 0 Å². The second-order valence-electron chi connectivity index (χ2n) is 6.97. The minimum atomic E-state index is 0.187. The lowest BCUT2D eigenvalue weighted by atomic mass is 10.1. The van der Waals surface area contributed by atoms with Gasteiger partial charge in [0, 0.05) is 31.7 Å². The molecule has 0 saturated carbocycles. The van der Waals surface area contributed by atoms with Crippen LogP contribution in [0.25, 0.3) is 0 Å². The smallest absolute Gasteiger partial charge is 0.237 e. The van der Waals surface area contributed by atoms with Crippen LogP contribution in [0.4, 0.5) is 0 Å². The molecular weight excluding hydrogens is 324 g/mol. The van der Waals surface area contributed by atoms with Crippen LogP contribution in [-0.2, 0) is 17.9 Å². The molecule has 0 aromatic heterocycles. The average Bonchev–Trinajstić information content (AvgIpc) is 2.84. The van der Waals surface area contributed by atoms with Gasteiger partial charge in [-0.3, -0.25) is 9.69 Å². The van der Waals surface area contributed by atoms with E-state index in [0.29, 0.717) is 19.7 Å². The van der Waals surface area contributed by atoms with E-state index in [1.54, 1.807) is 0 Å². The maximum absolute atomic E-state index is 12.9. The van der Waals surface area contributed by atoms with Crippen molar-refractivity contribution in [3.63, 3.8) is 0 Å². The zero-order chi connectivity index (χ0) is 18.4. The molecule has 0 aliphatic carbocycles. The second-order valence-corrected chi connectivity index (χ2v) is 6.97. The van der Waals surface area contributed by atoms with Crippen LogP contribution in [0.3, 0.4) is 0 Å². The van der Waals surface area contributed by atoms with Crippen LogP contribution in [0.5, 0.6) is 5.75 Å². The van der Waals surface area contributed by atoms with Crippen LogP contribution >= 0.6 is 0 Å². The van der Waals surface area contributed by atoms with Gasteiger partial charge in [0.15, 0.2) is 0 Å². The lowest BCUT2D eigenvalue weighted by Crippen LogP contribution is -2.41. The molecule has 2 aromatic carbocycles. The van der Waals surface area contributed by atoms with Gasteiger partial charge in [0.2, 0.25) is 5.91 Å². The largest absolute Gasteiger partial charge is 0.492 e. The van der Waals surface area contributed by atoms with Gasteiger partial charge in [0.25, 0.3) is 0 Å². The van der Waals surface area contributed by atoms with Gasteiger partial charge in [-0.2, -0.15) is 0 Å². The summed E-state index contributed by atoms with van der Waals surface area (Å²) in [4.78, 5) is 17.1.